The smallest absolute Gasteiger partial charge is 0.305 e. The van der Waals surface area contributed by atoms with Gasteiger partial charge < -0.3 is 9.47 Å². The summed E-state index contributed by atoms with van der Waals surface area (Å²) in [5, 5.41) is 0. The number of carbonyl (C=O) groups excluding carboxylic acids is 1. The number of ether oxygens (including phenoxy) is 2. The summed E-state index contributed by atoms with van der Waals surface area (Å²) < 4.78 is 10.7. The summed E-state index contributed by atoms with van der Waals surface area (Å²) in [6.07, 6.45) is 3.78. The van der Waals surface area contributed by atoms with E-state index in [-0.39, 0.29) is 12.3 Å². The van der Waals surface area contributed by atoms with Crippen LogP contribution in [0.2, 0.25) is 0 Å². The van der Waals surface area contributed by atoms with E-state index in [1.54, 1.807) is 6.26 Å². The van der Waals surface area contributed by atoms with Gasteiger partial charge in [0.05, 0.1) is 6.26 Å². The zero-order valence-electron chi connectivity index (χ0n) is 9.53. The molecule has 2 rings (SSSR count). The van der Waals surface area contributed by atoms with Crippen LogP contribution in [0.25, 0.3) is 0 Å². The fourth-order valence-electron chi connectivity index (χ4n) is 2.84. The van der Waals surface area contributed by atoms with Crippen LogP contribution in [0, 0.1) is 17.8 Å². The molecule has 1 aliphatic heterocycles. The largest absolute Gasteiger partial charge is 0.462 e. The summed E-state index contributed by atoms with van der Waals surface area (Å²) in [6, 6.07) is 0. The van der Waals surface area contributed by atoms with Crippen LogP contribution in [0.3, 0.4) is 0 Å². The van der Waals surface area contributed by atoms with Gasteiger partial charge in [-0.1, -0.05) is 6.92 Å². The molecular formula is C12H18O3. The van der Waals surface area contributed by atoms with Gasteiger partial charge in [-0.15, -0.1) is 0 Å². The first kappa shape index (κ1) is 10.5. The van der Waals surface area contributed by atoms with Gasteiger partial charge >= 0.3 is 5.97 Å². The minimum absolute atomic E-state index is 0.259. The van der Waals surface area contributed by atoms with Crippen LogP contribution >= 0.6 is 0 Å². The van der Waals surface area contributed by atoms with E-state index in [1.807, 2.05) is 0 Å². The van der Waals surface area contributed by atoms with E-state index in [0.717, 1.165) is 0 Å². The van der Waals surface area contributed by atoms with Gasteiger partial charge in [0.25, 0.3) is 0 Å². The third-order valence-electron chi connectivity index (χ3n) is 3.62. The molecule has 2 aliphatic rings. The first-order valence-electron chi connectivity index (χ1n) is 5.59. The average molecular weight is 210 g/mol. The minimum Gasteiger partial charge on any atom is -0.462 e. The Balaban J connectivity index is 2.16. The molecule has 0 aromatic heterocycles. The molecule has 15 heavy (non-hydrogen) atoms. The van der Waals surface area contributed by atoms with E-state index in [2.05, 4.69) is 13.8 Å². The van der Waals surface area contributed by atoms with Crippen molar-refractivity contribution in [2.75, 3.05) is 0 Å². The summed E-state index contributed by atoms with van der Waals surface area (Å²) in [7, 11) is 0. The van der Waals surface area contributed by atoms with Crippen LogP contribution in [0.15, 0.2) is 11.8 Å². The van der Waals surface area contributed by atoms with Crippen molar-refractivity contribution in [2.24, 2.45) is 17.8 Å². The fraction of sp³-hybridized carbons (Fsp3) is 0.750. The van der Waals surface area contributed by atoms with Gasteiger partial charge in [-0.25, -0.2) is 0 Å². The lowest BCUT2D eigenvalue weighted by Crippen LogP contribution is -2.36. The second-order valence-corrected chi connectivity index (χ2v) is 4.71. The van der Waals surface area contributed by atoms with Crippen molar-refractivity contribution in [3.8, 4) is 0 Å². The van der Waals surface area contributed by atoms with Gasteiger partial charge in [-0.2, -0.15) is 0 Å². The molecule has 84 valence electrons. The number of esters is 1. The van der Waals surface area contributed by atoms with Gasteiger partial charge in [0.2, 0.25) is 6.29 Å². The number of carbonyl (C=O) groups is 1. The Labute approximate surface area is 90.4 Å². The van der Waals surface area contributed by atoms with E-state index in [4.69, 9.17) is 9.47 Å². The maximum atomic E-state index is 11.0. The summed E-state index contributed by atoms with van der Waals surface area (Å²) in [5.41, 5.74) is 1.28. The van der Waals surface area contributed by atoms with Gasteiger partial charge in [0.15, 0.2) is 0 Å². The van der Waals surface area contributed by atoms with E-state index in [1.165, 1.54) is 25.3 Å². The third kappa shape index (κ3) is 1.87. The third-order valence-corrected chi connectivity index (χ3v) is 3.62. The normalized spacial score (nSPS) is 39.0. The second-order valence-electron chi connectivity index (χ2n) is 4.71. The highest BCUT2D eigenvalue weighted by atomic mass is 16.7. The predicted octanol–water partition coefficient (Wildman–Crippen LogP) is 2.47. The summed E-state index contributed by atoms with van der Waals surface area (Å²) in [4.78, 5) is 11.0. The molecule has 0 radical (unpaired) electrons. The Morgan fingerprint density at radius 3 is 2.93 bits per heavy atom. The Morgan fingerprint density at radius 1 is 1.53 bits per heavy atom. The summed E-state index contributed by atoms with van der Waals surface area (Å²) in [5.74, 6) is 1.20. The van der Waals surface area contributed by atoms with E-state index in [9.17, 15) is 4.79 Å². The fourth-order valence-corrected chi connectivity index (χ4v) is 2.84. The first-order chi connectivity index (χ1) is 7.09. The van der Waals surface area contributed by atoms with Crippen molar-refractivity contribution in [2.45, 2.75) is 39.9 Å². The van der Waals surface area contributed by atoms with Gasteiger partial charge in [-0.3, -0.25) is 4.79 Å². The molecule has 1 heterocycles. The predicted molar refractivity (Wildman–Crippen MR) is 55.8 cm³/mol. The molecule has 0 aromatic rings. The van der Waals surface area contributed by atoms with Crippen molar-refractivity contribution in [3.63, 3.8) is 0 Å². The van der Waals surface area contributed by atoms with Crippen LogP contribution in [0.5, 0.6) is 0 Å². The lowest BCUT2D eigenvalue weighted by molar-refractivity contribution is -0.184. The van der Waals surface area contributed by atoms with Crippen LogP contribution < -0.4 is 0 Å². The molecule has 1 saturated carbocycles. The van der Waals surface area contributed by atoms with Crippen LogP contribution in [-0.4, -0.2) is 12.3 Å². The number of allylic oxidation sites excluding steroid dienone is 1. The number of hydrogen-bond donors (Lipinski definition) is 0. The highest BCUT2D eigenvalue weighted by Gasteiger charge is 2.44. The lowest BCUT2D eigenvalue weighted by atomic mass is 9.84. The van der Waals surface area contributed by atoms with Crippen molar-refractivity contribution in [1.82, 2.24) is 0 Å². The standard InChI is InChI=1S/C12H18O3/c1-7-4-5-10-8(2)6-14-12(11(7)10)15-9(3)13/h6-7,10-12H,4-5H2,1-3H3/t7-,10-,11-,12-/m1/s1. The van der Waals surface area contributed by atoms with Crippen LogP contribution in [0.1, 0.15) is 33.6 Å². The Morgan fingerprint density at radius 2 is 2.27 bits per heavy atom. The average Bonchev–Trinajstić information content (AvgIpc) is 2.54. The summed E-state index contributed by atoms with van der Waals surface area (Å²) >= 11 is 0. The number of fused-ring (bicyclic) bond motifs is 1. The zero-order chi connectivity index (χ0) is 11.0. The highest BCUT2D eigenvalue weighted by molar-refractivity contribution is 5.66. The van der Waals surface area contributed by atoms with Crippen molar-refractivity contribution in [3.05, 3.63) is 11.8 Å². The highest BCUT2D eigenvalue weighted by Crippen LogP contribution is 2.46. The molecule has 1 fully saturated rings. The molecule has 3 heteroatoms. The molecular weight excluding hydrogens is 192 g/mol. The second kappa shape index (κ2) is 3.87. The topological polar surface area (TPSA) is 35.5 Å². The van der Waals surface area contributed by atoms with Crippen LogP contribution in [0.4, 0.5) is 0 Å². The SMILES string of the molecule is CC(=O)O[C@H]1OC=C(C)[C@H]2CC[C@@H](C)[C@@H]12. The molecule has 0 unspecified atom stereocenters. The molecule has 3 nitrogen and oxygen atoms in total. The quantitative estimate of drug-likeness (QED) is 0.624. The molecule has 0 amide bonds. The Kier molecular flexibility index (Phi) is 2.72. The molecule has 0 saturated heterocycles. The van der Waals surface area contributed by atoms with Crippen molar-refractivity contribution >= 4 is 5.97 Å². The van der Waals surface area contributed by atoms with E-state index in [0.29, 0.717) is 17.8 Å². The first-order valence-corrected chi connectivity index (χ1v) is 5.59. The molecule has 0 bridgehead atoms. The maximum absolute atomic E-state index is 11.0. The van der Waals surface area contributed by atoms with Gasteiger partial charge in [-0.05, 0) is 37.2 Å². The number of hydrogen-bond acceptors (Lipinski definition) is 3. The van der Waals surface area contributed by atoms with E-state index < -0.39 is 0 Å². The molecule has 0 aromatic carbocycles. The zero-order valence-corrected chi connectivity index (χ0v) is 9.53. The Hall–Kier alpha value is -0.990. The maximum Gasteiger partial charge on any atom is 0.305 e. The van der Waals surface area contributed by atoms with Crippen LogP contribution in [-0.2, 0) is 14.3 Å². The number of rotatable bonds is 1. The summed E-state index contributed by atoms with van der Waals surface area (Å²) in [6.45, 7) is 5.74. The van der Waals surface area contributed by atoms with E-state index >= 15 is 0 Å². The minimum atomic E-state index is -0.367. The Bertz CT molecular complexity index is 295. The van der Waals surface area contributed by atoms with Crippen molar-refractivity contribution < 1.29 is 14.3 Å². The van der Waals surface area contributed by atoms with Gasteiger partial charge in [0.1, 0.15) is 0 Å². The molecule has 0 spiro atoms. The van der Waals surface area contributed by atoms with Gasteiger partial charge in [0, 0.05) is 12.8 Å². The monoisotopic (exact) mass is 210 g/mol. The molecule has 4 atom stereocenters. The van der Waals surface area contributed by atoms with Crippen molar-refractivity contribution in [1.29, 1.82) is 0 Å². The lowest BCUT2D eigenvalue weighted by Gasteiger charge is -2.34. The molecule has 1 aliphatic carbocycles. The molecule has 0 N–H and O–H groups in total.